The lowest BCUT2D eigenvalue weighted by Crippen LogP contribution is -2.33. The quantitative estimate of drug-likeness (QED) is 0.164. The number of aryl methyl sites for hydroxylation is 1. The summed E-state index contributed by atoms with van der Waals surface area (Å²) in [5.41, 5.74) is 8.83. The molecule has 0 spiro atoms. The molecule has 0 aromatic heterocycles. The largest absolute Gasteiger partial charge is 0.494 e. The fraction of sp³-hybridized carbons (Fsp3) is 0.600. The predicted octanol–water partition coefficient (Wildman–Crippen LogP) is 3.45. The van der Waals surface area contributed by atoms with Crippen LogP contribution in [0.4, 0.5) is 0 Å². The molecule has 39 heavy (non-hydrogen) atoms. The topological polar surface area (TPSA) is 130 Å². The van der Waals surface area contributed by atoms with E-state index in [0.29, 0.717) is 70.2 Å². The van der Waals surface area contributed by atoms with Crippen LogP contribution in [0.2, 0.25) is 0 Å². The van der Waals surface area contributed by atoms with E-state index in [4.69, 9.17) is 25.2 Å². The number of likely N-dealkylation sites (N-methyl/N-ethyl adjacent to an activating group) is 1. The molecular weight excluding hydrogens is 496 g/mol. The van der Waals surface area contributed by atoms with Gasteiger partial charge in [0.05, 0.1) is 19.3 Å². The zero-order valence-corrected chi connectivity index (χ0v) is 24.2. The number of carbonyl (C=O) groups is 1. The van der Waals surface area contributed by atoms with Gasteiger partial charge in [-0.25, -0.2) is 5.26 Å². The Kier molecular flexibility index (Phi) is 16.8. The Morgan fingerprint density at radius 3 is 2.77 bits per heavy atom. The van der Waals surface area contributed by atoms with E-state index >= 15 is 0 Å². The van der Waals surface area contributed by atoms with Crippen molar-refractivity contribution < 1.29 is 24.1 Å². The van der Waals surface area contributed by atoms with Crippen LogP contribution in [-0.2, 0) is 20.7 Å². The average molecular weight is 545 g/mol. The Hall–Kier alpha value is -2.90. The number of allylic oxidation sites excluding steroid dienone is 2. The third-order valence-electron chi connectivity index (χ3n) is 6.25. The second kappa shape index (κ2) is 19.2. The molecule has 2 atom stereocenters. The third kappa shape index (κ3) is 13.6. The second-order valence-electron chi connectivity index (χ2n) is 10.0. The van der Waals surface area contributed by atoms with E-state index in [1.54, 1.807) is 11.9 Å². The standard InChI is InChI=1S/C29H47N3O5.CHN/c1-21(2)17-25(23(4)37-29-20-26(33)10-16-36-29)19-24-7-8-27(18-22(24)3)35-15-6-12-31-13-9-28(34)32(5)14-11-30;1-2/h7-8,17-18,21,26,29,31,33H,4,6,9-16,19-20,30H2,1-3,5H3;1H/b25-17+;. The molecule has 4 N–H and O–H groups in total. The lowest BCUT2D eigenvalue weighted by molar-refractivity contribution is -0.163. The van der Waals surface area contributed by atoms with Gasteiger partial charge in [0.2, 0.25) is 12.2 Å². The van der Waals surface area contributed by atoms with Crippen LogP contribution in [0.25, 0.3) is 0 Å². The van der Waals surface area contributed by atoms with Crippen LogP contribution in [-0.4, -0.2) is 74.7 Å². The van der Waals surface area contributed by atoms with Crippen LogP contribution < -0.4 is 15.8 Å². The minimum Gasteiger partial charge on any atom is -0.494 e. The van der Waals surface area contributed by atoms with Crippen molar-refractivity contribution in [3.63, 3.8) is 0 Å². The lowest BCUT2D eigenvalue weighted by atomic mass is 9.97. The van der Waals surface area contributed by atoms with Crippen LogP contribution in [0.5, 0.6) is 5.75 Å². The van der Waals surface area contributed by atoms with Gasteiger partial charge in [-0.15, -0.1) is 0 Å². The minimum atomic E-state index is -0.462. The molecule has 1 aromatic carbocycles. The fourth-order valence-electron chi connectivity index (χ4n) is 4.09. The maximum Gasteiger partial charge on any atom is 0.223 e. The summed E-state index contributed by atoms with van der Waals surface area (Å²) in [6, 6.07) is 6.15. The number of benzene rings is 1. The number of aliphatic hydroxyl groups is 1. The van der Waals surface area contributed by atoms with Crippen LogP contribution in [0.3, 0.4) is 0 Å². The van der Waals surface area contributed by atoms with Crippen LogP contribution in [0.1, 0.15) is 50.7 Å². The summed E-state index contributed by atoms with van der Waals surface area (Å²) in [7, 11) is 1.78. The van der Waals surface area contributed by atoms with E-state index in [2.05, 4.69) is 57.4 Å². The molecule has 0 aliphatic carbocycles. The van der Waals surface area contributed by atoms with E-state index in [9.17, 15) is 9.90 Å². The maximum absolute atomic E-state index is 11.9. The van der Waals surface area contributed by atoms with Gasteiger partial charge in [0.15, 0.2) is 0 Å². The molecule has 218 valence electrons. The number of nitrogens with zero attached hydrogens (tertiary/aromatic N) is 2. The number of hydrogen-bond acceptors (Lipinski definition) is 8. The molecule has 1 aromatic rings. The van der Waals surface area contributed by atoms with Crippen molar-refractivity contribution >= 4 is 5.91 Å². The Bertz CT molecular complexity index is 931. The summed E-state index contributed by atoms with van der Waals surface area (Å²) in [5, 5.41) is 19.7. The molecule has 0 radical (unpaired) electrons. The number of nitrogens with two attached hydrogens (primary N) is 1. The first-order valence-electron chi connectivity index (χ1n) is 13.7. The highest BCUT2D eigenvalue weighted by Gasteiger charge is 2.23. The number of aliphatic hydroxyl groups excluding tert-OH is 1. The lowest BCUT2D eigenvalue weighted by Gasteiger charge is -2.28. The molecule has 1 amide bonds. The molecule has 1 fully saturated rings. The van der Waals surface area contributed by atoms with Crippen molar-refractivity contribution in [1.29, 1.82) is 5.26 Å². The molecule has 1 aliphatic rings. The molecular formula is C30H48N4O5. The van der Waals surface area contributed by atoms with Gasteiger partial charge in [0.1, 0.15) is 11.5 Å². The van der Waals surface area contributed by atoms with Gasteiger partial charge < -0.3 is 35.3 Å². The number of carbonyl (C=O) groups excluding carboxylic acids is 1. The number of hydrogen-bond donors (Lipinski definition) is 3. The van der Waals surface area contributed by atoms with E-state index in [-0.39, 0.29) is 5.91 Å². The second-order valence-corrected chi connectivity index (χ2v) is 10.0. The highest BCUT2D eigenvalue weighted by atomic mass is 16.7. The summed E-state index contributed by atoms with van der Waals surface area (Å²) in [5.74, 6) is 1.88. The Morgan fingerprint density at radius 1 is 1.38 bits per heavy atom. The normalized spacial score (nSPS) is 17.2. The molecule has 0 bridgehead atoms. The van der Waals surface area contributed by atoms with Gasteiger partial charge in [-0.05, 0) is 61.1 Å². The van der Waals surface area contributed by atoms with Gasteiger partial charge >= 0.3 is 0 Å². The van der Waals surface area contributed by atoms with Crippen molar-refractivity contribution in [3.05, 3.63) is 53.3 Å². The van der Waals surface area contributed by atoms with Crippen LogP contribution >= 0.6 is 0 Å². The SMILES string of the molecule is C#N.C=C(OC1CC(O)CCO1)/C(=C/C(C)C)Cc1ccc(OCCCNCCC(=O)N(C)CCN)cc1C. The van der Waals surface area contributed by atoms with Crippen molar-refractivity contribution in [2.75, 3.05) is 46.4 Å². The first-order chi connectivity index (χ1) is 18.7. The van der Waals surface area contributed by atoms with Gasteiger partial charge in [0.25, 0.3) is 0 Å². The first-order valence-corrected chi connectivity index (χ1v) is 13.7. The summed E-state index contributed by atoms with van der Waals surface area (Å²) < 4.78 is 17.6. The minimum absolute atomic E-state index is 0.104. The van der Waals surface area contributed by atoms with Gasteiger partial charge in [-0.3, -0.25) is 4.79 Å². The molecule has 1 aliphatic heterocycles. The smallest absolute Gasteiger partial charge is 0.223 e. The van der Waals surface area contributed by atoms with E-state index in [0.717, 1.165) is 29.9 Å². The Morgan fingerprint density at radius 2 is 2.13 bits per heavy atom. The number of amides is 1. The van der Waals surface area contributed by atoms with Crippen LogP contribution in [0, 0.1) is 24.7 Å². The molecule has 9 nitrogen and oxygen atoms in total. The Balaban J connectivity index is 0.00000371. The molecule has 2 unspecified atom stereocenters. The number of nitrogens with one attached hydrogen (secondary N) is 1. The van der Waals surface area contributed by atoms with E-state index in [1.807, 2.05) is 6.07 Å². The number of ether oxygens (including phenoxy) is 3. The molecule has 9 heteroatoms. The highest BCUT2D eigenvalue weighted by Crippen LogP contribution is 2.26. The number of nitriles is 1. The molecule has 0 saturated carbocycles. The zero-order chi connectivity index (χ0) is 29.2. The van der Waals surface area contributed by atoms with E-state index < -0.39 is 12.4 Å². The summed E-state index contributed by atoms with van der Waals surface area (Å²) in [6.45, 7) is 17.6. The van der Waals surface area contributed by atoms with E-state index in [1.165, 1.54) is 5.56 Å². The predicted molar refractivity (Wildman–Crippen MR) is 154 cm³/mol. The molecule has 1 heterocycles. The first kappa shape index (κ1) is 34.1. The van der Waals surface area contributed by atoms with Crippen molar-refractivity contribution in [2.24, 2.45) is 11.7 Å². The average Bonchev–Trinajstić information content (AvgIpc) is 2.90. The van der Waals surface area contributed by atoms with Crippen molar-refractivity contribution in [3.8, 4) is 12.3 Å². The van der Waals surface area contributed by atoms with Crippen molar-refractivity contribution in [1.82, 2.24) is 10.2 Å². The monoisotopic (exact) mass is 544 g/mol. The van der Waals surface area contributed by atoms with Crippen molar-refractivity contribution in [2.45, 2.75) is 65.3 Å². The third-order valence-corrected chi connectivity index (χ3v) is 6.25. The molecule has 1 saturated heterocycles. The molecule has 2 rings (SSSR count). The summed E-state index contributed by atoms with van der Waals surface area (Å²) in [6.07, 6.45) is 4.42. The highest BCUT2D eigenvalue weighted by molar-refractivity contribution is 5.76. The summed E-state index contributed by atoms with van der Waals surface area (Å²) >= 11 is 0. The zero-order valence-electron chi connectivity index (χ0n) is 24.2. The Labute approximate surface area is 234 Å². The summed E-state index contributed by atoms with van der Waals surface area (Å²) in [4.78, 5) is 13.6. The maximum atomic E-state index is 11.9. The van der Waals surface area contributed by atoms with Gasteiger partial charge in [-0.1, -0.05) is 32.6 Å². The van der Waals surface area contributed by atoms with Gasteiger partial charge in [0, 0.05) is 52.5 Å². The number of rotatable bonds is 16. The van der Waals surface area contributed by atoms with Crippen LogP contribution in [0.15, 0.2) is 42.2 Å². The fourth-order valence-corrected chi connectivity index (χ4v) is 4.09. The van der Waals surface area contributed by atoms with Gasteiger partial charge in [-0.2, -0.15) is 0 Å².